The Kier molecular flexibility index (Phi) is 7.88. The zero-order valence-corrected chi connectivity index (χ0v) is 16.2. The third-order valence-corrected chi connectivity index (χ3v) is 4.47. The number of halogens is 3. The van der Waals surface area contributed by atoms with Crippen LogP contribution in [-0.2, 0) is 16.0 Å². The summed E-state index contributed by atoms with van der Waals surface area (Å²) in [4.78, 5) is 14.2. The van der Waals surface area contributed by atoms with E-state index < -0.39 is 18.8 Å². The van der Waals surface area contributed by atoms with Crippen molar-refractivity contribution < 1.29 is 27.4 Å². The number of urea groups is 1. The van der Waals surface area contributed by atoms with Crippen molar-refractivity contribution in [3.63, 3.8) is 0 Å². The molecule has 28 heavy (non-hydrogen) atoms. The lowest BCUT2D eigenvalue weighted by molar-refractivity contribution is -0.143. The molecule has 0 aliphatic carbocycles. The summed E-state index contributed by atoms with van der Waals surface area (Å²) in [6.45, 7) is 7.97. The fraction of sp³-hybridized carbons (Fsp3) is 0.667. The van der Waals surface area contributed by atoms with E-state index in [1.165, 1.54) is 0 Å². The van der Waals surface area contributed by atoms with Gasteiger partial charge in [-0.05, 0) is 20.3 Å². The van der Waals surface area contributed by atoms with E-state index in [2.05, 4.69) is 17.0 Å². The molecule has 1 atom stereocenters. The standard InChI is InChI=1S/C18H27F3N4O3/c1-4-8-27-9-5-6-22-17(26)24-7-10-28-11-15(24)16-13(2)23-25(14(16)3)12-18(19,20)21/h4,15H,1,5-12H2,2-3H3,(H,22,26). The van der Waals surface area contributed by atoms with E-state index in [9.17, 15) is 18.0 Å². The molecule has 1 aliphatic rings. The number of nitrogens with zero attached hydrogens (tertiary/aromatic N) is 3. The van der Waals surface area contributed by atoms with E-state index in [0.29, 0.717) is 56.3 Å². The van der Waals surface area contributed by atoms with Gasteiger partial charge in [0.05, 0.1) is 31.6 Å². The van der Waals surface area contributed by atoms with Gasteiger partial charge in [0, 0.05) is 31.0 Å². The largest absolute Gasteiger partial charge is 0.408 e. The van der Waals surface area contributed by atoms with Gasteiger partial charge in [0.2, 0.25) is 0 Å². The quantitative estimate of drug-likeness (QED) is 0.534. The summed E-state index contributed by atoms with van der Waals surface area (Å²) in [7, 11) is 0. The molecule has 158 valence electrons. The first-order valence-electron chi connectivity index (χ1n) is 9.16. The second kappa shape index (κ2) is 9.92. The summed E-state index contributed by atoms with van der Waals surface area (Å²) in [5.41, 5.74) is 1.46. The number of ether oxygens (including phenoxy) is 2. The molecule has 0 bridgehead atoms. The second-order valence-electron chi connectivity index (χ2n) is 6.59. The van der Waals surface area contributed by atoms with Gasteiger partial charge < -0.3 is 19.7 Å². The molecule has 0 radical (unpaired) electrons. The highest BCUT2D eigenvalue weighted by Gasteiger charge is 2.35. The molecule has 1 unspecified atom stereocenters. The average molecular weight is 404 g/mol. The third kappa shape index (κ3) is 5.96. The smallest absolute Gasteiger partial charge is 0.377 e. The molecule has 2 heterocycles. The fourth-order valence-electron chi connectivity index (χ4n) is 3.24. The van der Waals surface area contributed by atoms with Crippen molar-refractivity contribution in [2.24, 2.45) is 0 Å². The Morgan fingerprint density at radius 1 is 1.46 bits per heavy atom. The normalized spacial score (nSPS) is 17.6. The number of carbonyl (C=O) groups excluding carboxylic acids is 1. The van der Waals surface area contributed by atoms with E-state index in [1.54, 1.807) is 24.8 Å². The first kappa shape index (κ1) is 22.2. The molecule has 2 rings (SSSR count). The van der Waals surface area contributed by atoms with Crippen LogP contribution >= 0.6 is 0 Å². The van der Waals surface area contributed by atoms with Crippen LogP contribution in [0.2, 0.25) is 0 Å². The van der Waals surface area contributed by atoms with Gasteiger partial charge in [0.25, 0.3) is 0 Å². The van der Waals surface area contributed by atoms with E-state index in [-0.39, 0.29) is 12.6 Å². The van der Waals surface area contributed by atoms with Crippen LogP contribution in [0.15, 0.2) is 12.7 Å². The van der Waals surface area contributed by atoms with Crippen molar-refractivity contribution in [3.05, 3.63) is 29.6 Å². The Bertz CT molecular complexity index is 676. The summed E-state index contributed by atoms with van der Waals surface area (Å²) in [6, 6.07) is -0.757. The minimum atomic E-state index is -4.37. The number of rotatable bonds is 8. The molecule has 0 aromatic carbocycles. The highest BCUT2D eigenvalue weighted by Crippen LogP contribution is 2.30. The number of carbonyl (C=O) groups is 1. The summed E-state index contributed by atoms with van der Waals surface area (Å²) in [5, 5.41) is 6.86. The number of morpholine rings is 1. The van der Waals surface area contributed by atoms with Gasteiger partial charge in [-0.3, -0.25) is 4.68 Å². The Hall–Kier alpha value is -2.07. The van der Waals surface area contributed by atoms with Crippen molar-refractivity contribution in [1.82, 2.24) is 20.0 Å². The van der Waals surface area contributed by atoms with Crippen LogP contribution in [0.1, 0.15) is 29.4 Å². The molecule has 10 heteroatoms. The van der Waals surface area contributed by atoms with Gasteiger partial charge in [-0.1, -0.05) is 6.08 Å². The molecular formula is C18H27F3N4O3. The lowest BCUT2D eigenvalue weighted by Gasteiger charge is -2.36. The zero-order chi connectivity index (χ0) is 20.7. The number of aryl methyl sites for hydroxylation is 1. The Labute approximate surface area is 162 Å². The maximum Gasteiger partial charge on any atom is 0.408 e. The zero-order valence-electron chi connectivity index (χ0n) is 16.2. The molecule has 2 amide bonds. The second-order valence-corrected chi connectivity index (χ2v) is 6.59. The van der Waals surface area contributed by atoms with E-state index in [1.807, 2.05) is 0 Å². The predicted molar refractivity (Wildman–Crippen MR) is 97.1 cm³/mol. The molecule has 1 saturated heterocycles. The van der Waals surface area contributed by atoms with Gasteiger partial charge in [-0.25, -0.2) is 4.79 Å². The Morgan fingerprint density at radius 2 is 2.21 bits per heavy atom. The molecule has 1 fully saturated rings. The average Bonchev–Trinajstić information content (AvgIpc) is 2.89. The third-order valence-electron chi connectivity index (χ3n) is 4.47. The van der Waals surface area contributed by atoms with Gasteiger partial charge in [0.15, 0.2) is 0 Å². The van der Waals surface area contributed by atoms with E-state index in [0.717, 1.165) is 4.68 Å². The number of nitrogens with one attached hydrogen (secondary N) is 1. The molecule has 1 aromatic rings. The molecule has 1 aromatic heterocycles. The van der Waals surface area contributed by atoms with Gasteiger partial charge in [-0.2, -0.15) is 18.3 Å². The van der Waals surface area contributed by atoms with Crippen LogP contribution < -0.4 is 5.32 Å². The monoisotopic (exact) mass is 404 g/mol. The molecule has 0 spiro atoms. The first-order valence-corrected chi connectivity index (χ1v) is 9.16. The van der Waals surface area contributed by atoms with Gasteiger partial charge in [0.1, 0.15) is 6.54 Å². The molecule has 1 aliphatic heterocycles. The first-order chi connectivity index (χ1) is 13.2. The van der Waals surface area contributed by atoms with Crippen LogP contribution in [0.4, 0.5) is 18.0 Å². The molecule has 7 nitrogen and oxygen atoms in total. The van der Waals surface area contributed by atoms with Crippen molar-refractivity contribution in [2.45, 2.75) is 39.0 Å². The van der Waals surface area contributed by atoms with Crippen LogP contribution in [0.25, 0.3) is 0 Å². The number of alkyl halides is 3. The van der Waals surface area contributed by atoms with Crippen molar-refractivity contribution in [2.75, 3.05) is 39.5 Å². The van der Waals surface area contributed by atoms with E-state index in [4.69, 9.17) is 9.47 Å². The molecule has 1 N–H and O–H groups in total. The SMILES string of the molecule is C=CCOCCCNC(=O)N1CCOCC1c1c(C)nn(CC(F)(F)F)c1C. The van der Waals surface area contributed by atoms with Crippen LogP contribution in [0.5, 0.6) is 0 Å². The molecular weight excluding hydrogens is 377 g/mol. The van der Waals surface area contributed by atoms with Crippen LogP contribution in [0, 0.1) is 13.8 Å². The van der Waals surface area contributed by atoms with Crippen LogP contribution in [0.3, 0.4) is 0 Å². The van der Waals surface area contributed by atoms with Crippen molar-refractivity contribution in [3.8, 4) is 0 Å². The number of hydrogen-bond acceptors (Lipinski definition) is 4. The topological polar surface area (TPSA) is 68.6 Å². The maximum absolute atomic E-state index is 12.8. The fourth-order valence-corrected chi connectivity index (χ4v) is 3.24. The maximum atomic E-state index is 12.8. The van der Waals surface area contributed by atoms with Crippen molar-refractivity contribution in [1.29, 1.82) is 0 Å². The minimum Gasteiger partial charge on any atom is -0.377 e. The predicted octanol–water partition coefficient (Wildman–Crippen LogP) is 2.74. The summed E-state index contributed by atoms with van der Waals surface area (Å²) in [6.07, 6.45) is -2.06. The summed E-state index contributed by atoms with van der Waals surface area (Å²) < 4.78 is 50.1. The Morgan fingerprint density at radius 3 is 2.89 bits per heavy atom. The Balaban J connectivity index is 2.06. The van der Waals surface area contributed by atoms with Crippen LogP contribution in [-0.4, -0.2) is 66.4 Å². The number of amides is 2. The minimum absolute atomic E-state index is 0.218. The van der Waals surface area contributed by atoms with E-state index >= 15 is 0 Å². The van der Waals surface area contributed by atoms with Gasteiger partial charge in [-0.15, -0.1) is 6.58 Å². The number of aromatic nitrogens is 2. The van der Waals surface area contributed by atoms with Gasteiger partial charge >= 0.3 is 12.2 Å². The lowest BCUT2D eigenvalue weighted by atomic mass is 10.0. The highest BCUT2D eigenvalue weighted by atomic mass is 19.4. The number of hydrogen-bond donors (Lipinski definition) is 1. The summed E-state index contributed by atoms with van der Waals surface area (Å²) >= 11 is 0. The van der Waals surface area contributed by atoms with Crippen molar-refractivity contribution >= 4 is 6.03 Å². The highest BCUT2D eigenvalue weighted by molar-refractivity contribution is 5.75. The molecule has 0 saturated carbocycles. The lowest BCUT2D eigenvalue weighted by Crippen LogP contribution is -2.48. The summed E-state index contributed by atoms with van der Waals surface area (Å²) in [5.74, 6) is 0.